The second-order valence-electron chi connectivity index (χ2n) is 6.42. The molecule has 2 aromatic heterocycles. The van der Waals surface area contributed by atoms with Gasteiger partial charge in [0.25, 0.3) is 10.0 Å². The van der Waals surface area contributed by atoms with Gasteiger partial charge in [-0.25, -0.2) is 17.8 Å². The van der Waals surface area contributed by atoms with E-state index in [0.717, 1.165) is 35.6 Å². The van der Waals surface area contributed by atoms with Crippen molar-refractivity contribution in [3.63, 3.8) is 0 Å². The summed E-state index contributed by atoms with van der Waals surface area (Å²) in [4.78, 5) is 0. The third-order valence-corrected chi connectivity index (χ3v) is 7.86. The van der Waals surface area contributed by atoms with Crippen LogP contribution >= 0.6 is 22.9 Å². The van der Waals surface area contributed by atoms with Crippen LogP contribution in [-0.2, 0) is 10.0 Å². The standard InChI is InChI=1S/C19H22ClN3O3S2/c1-3-13(4-2)19(22-28(25,26)18-10-9-17(20)27-18)16-11-12-21-23(16)14-5-7-15(24)8-6-14/h5-13,19,22,24H,3-4H2,1-2H3. The molecular formula is C19H22ClN3O3S2. The van der Waals surface area contributed by atoms with Crippen LogP contribution in [0.3, 0.4) is 0 Å². The van der Waals surface area contributed by atoms with Gasteiger partial charge in [0.05, 0.1) is 21.8 Å². The molecule has 0 amide bonds. The second-order valence-corrected chi connectivity index (χ2v) is 10.1. The van der Waals surface area contributed by atoms with Crippen LogP contribution in [0.1, 0.15) is 38.4 Å². The highest BCUT2D eigenvalue weighted by Gasteiger charge is 2.30. The largest absolute Gasteiger partial charge is 0.508 e. The maximum atomic E-state index is 13.0. The van der Waals surface area contributed by atoms with Gasteiger partial charge in [-0.1, -0.05) is 38.3 Å². The fraction of sp³-hybridized carbons (Fsp3) is 0.316. The SMILES string of the molecule is CCC(CC)C(NS(=O)(=O)c1ccc(Cl)s1)c1ccnn1-c1ccc(O)cc1. The highest BCUT2D eigenvalue weighted by molar-refractivity contribution is 7.91. The molecule has 6 nitrogen and oxygen atoms in total. The fourth-order valence-electron chi connectivity index (χ4n) is 3.18. The Morgan fingerprint density at radius 3 is 2.39 bits per heavy atom. The van der Waals surface area contributed by atoms with E-state index in [1.54, 1.807) is 41.2 Å². The van der Waals surface area contributed by atoms with Crippen molar-refractivity contribution in [1.82, 2.24) is 14.5 Å². The summed E-state index contributed by atoms with van der Waals surface area (Å²) in [5, 5.41) is 13.9. The summed E-state index contributed by atoms with van der Waals surface area (Å²) in [7, 11) is -3.73. The molecule has 3 aromatic rings. The summed E-state index contributed by atoms with van der Waals surface area (Å²) < 4.78 is 31.1. The number of sulfonamides is 1. The van der Waals surface area contributed by atoms with Gasteiger partial charge in [-0.05, 0) is 48.4 Å². The lowest BCUT2D eigenvalue weighted by Gasteiger charge is -2.27. The first-order valence-electron chi connectivity index (χ1n) is 8.96. The Bertz CT molecular complexity index is 1020. The molecule has 1 atom stereocenters. The van der Waals surface area contributed by atoms with Crippen LogP contribution in [0.25, 0.3) is 5.69 Å². The average Bonchev–Trinajstić information content (AvgIpc) is 3.32. The molecular weight excluding hydrogens is 418 g/mol. The van der Waals surface area contributed by atoms with Crippen molar-refractivity contribution in [3.8, 4) is 11.4 Å². The first kappa shape index (κ1) is 20.9. The fourth-order valence-corrected chi connectivity index (χ4v) is 5.96. The molecule has 1 unspecified atom stereocenters. The zero-order valence-electron chi connectivity index (χ0n) is 15.5. The van der Waals surface area contributed by atoms with Crippen molar-refractivity contribution in [2.45, 2.75) is 36.9 Å². The van der Waals surface area contributed by atoms with Gasteiger partial charge in [-0.15, -0.1) is 11.3 Å². The summed E-state index contributed by atoms with van der Waals surface area (Å²) in [6.45, 7) is 4.08. The van der Waals surface area contributed by atoms with E-state index >= 15 is 0 Å². The van der Waals surface area contributed by atoms with Gasteiger partial charge in [0.1, 0.15) is 9.96 Å². The number of aromatic hydroxyl groups is 1. The number of benzene rings is 1. The van der Waals surface area contributed by atoms with Gasteiger partial charge in [0, 0.05) is 6.20 Å². The molecule has 0 radical (unpaired) electrons. The molecule has 0 bridgehead atoms. The Hall–Kier alpha value is -1.87. The molecule has 1 aromatic carbocycles. The lowest BCUT2D eigenvalue weighted by Crippen LogP contribution is -2.34. The number of thiophene rings is 1. The molecule has 2 heterocycles. The smallest absolute Gasteiger partial charge is 0.250 e. The number of rotatable bonds is 8. The average molecular weight is 440 g/mol. The van der Waals surface area contributed by atoms with Crippen molar-refractivity contribution in [2.24, 2.45) is 5.92 Å². The molecule has 0 saturated carbocycles. The molecule has 0 saturated heterocycles. The number of phenolic OH excluding ortho intramolecular Hbond substituents is 1. The van der Waals surface area contributed by atoms with E-state index in [1.165, 1.54) is 6.07 Å². The molecule has 3 rings (SSSR count). The van der Waals surface area contributed by atoms with E-state index in [1.807, 2.05) is 19.9 Å². The predicted molar refractivity (Wildman–Crippen MR) is 112 cm³/mol. The van der Waals surface area contributed by atoms with E-state index in [2.05, 4.69) is 9.82 Å². The first-order valence-corrected chi connectivity index (χ1v) is 11.6. The minimum Gasteiger partial charge on any atom is -0.508 e. The Labute approximate surface area is 173 Å². The predicted octanol–water partition coefficient (Wildman–Crippen LogP) is 4.75. The van der Waals surface area contributed by atoms with Gasteiger partial charge < -0.3 is 5.11 Å². The number of nitrogens with one attached hydrogen (secondary N) is 1. The van der Waals surface area contributed by atoms with Crippen LogP contribution in [0.15, 0.2) is 52.9 Å². The van der Waals surface area contributed by atoms with Gasteiger partial charge in [-0.3, -0.25) is 0 Å². The van der Waals surface area contributed by atoms with Crippen molar-refractivity contribution < 1.29 is 13.5 Å². The maximum absolute atomic E-state index is 13.0. The zero-order chi connectivity index (χ0) is 20.3. The molecule has 2 N–H and O–H groups in total. The van der Waals surface area contributed by atoms with Gasteiger partial charge in [0.2, 0.25) is 0 Å². The number of hydrogen-bond acceptors (Lipinski definition) is 5. The van der Waals surface area contributed by atoms with Crippen molar-refractivity contribution in [1.29, 1.82) is 0 Å². The van der Waals surface area contributed by atoms with Gasteiger partial charge >= 0.3 is 0 Å². The zero-order valence-corrected chi connectivity index (χ0v) is 17.9. The summed E-state index contributed by atoms with van der Waals surface area (Å²) in [5.74, 6) is 0.238. The van der Waals surface area contributed by atoms with Crippen LogP contribution < -0.4 is 4.72 Å². The Morgan fingerprint density at radius 2 is 1.82 bits per heavy atom. The monoisotopic (exact) mass is 439 g/mol. The van der Waals surface area contributed by atoms with Gasteiger partial charge in [-0.2, -0.15) is 5.10 Å². The van der Waals surface area contributed by atoms with Crippen LogP contribution in [0.4, 0.5) is 0 Å². The molecule has 150 valence electrons. The Balaban J connectivity index is 2.02. The summed E-state index contributed by atoms with van der Waals surface area (Å²) >= 11 is 6.96. The highest BCUT2D eigenvalue weighted by Crippen LogP contribution is 2.32. The Kier molecular flexibility index (Phi) is 6.44. The van der Waals surface area contributed by atoms with E-state index in [-0.39, 0.29) is 15.9 Å². The normalized spacial score (nSPS) is 13.1. The molecule has 0 aliphatic rings. The Morgan fingerprint density at radius 1 is 1.14 bits per heavy atom. The minimum atomic E-state index is -3.73. The molecule has 0 spiro atoms. The minimum absolute atomic E-state index is 0.0813. The molecule has 0 aliphatic carbocycles. The van der Waals surface area contributed by atoms with Crippen LogP contribution in [-0.4, -0.2) is 23.3 Å². The third kappa shape index (κ3) is 4.41. The van der Waals surface area contributed by atoms with E-state index < -0.39 is 16.1 Å². The van der Waals surface area contributed by atoms with Gasteiger partial charge in [0.15, 0.2) is 0 Å². The molecule has 9 heteroatoms. The summed E-state index contributed by atoms with van der Waals surface area (Å²) in [6, 6.07) is 11.1. The number of phenols is 1. The topological polar surface area (TPSA) is 84.2 Å². The number of nitrogens with zero attached hydrogens (tertiary/aromatic N) is 2. The van der Waals surface area contributed by atoms with Crippen molar-refractivity contribution in [2.75, 3.05) is 0 Å². The maximum Gasteiger partial charge on any atom is 0.250 e. The van der Waals surface area contributed by atoms with Crippen molar-refractivity contribution >= 4 is 33.0 Å². The quantitative estimate of drug-likeness (QED) is 0.530. The number of aromatic nitrogens is 2. The molecule has 0 fully saturated rings. The summed E-state index contributed by atoms with van der Waals surface area (Å²) in [5.41, 5.74) is 1.48. The number of halogens is 1. The summed E-state index contributed by atoms with van der Waals surface area (Å²) in [6.07, 6.45) is 3.25. The van der Waals surface area contributed by atoms with E-state index in [0.29, 0.717) is 4.34 Å². The van der Waals surface area contributed by atoms with Crippen molar-refractivity contribution in [3.05, 3.63) is 58.7 Å². The van der Waals surface area contributed by atoms with E-state index in [9.17, 15) is 13.5 Å². The molecule has 0 aliphatic heterocycles. The lowest BCUT2D eigenvalue weighted by atomic mass is 9.92. The van der Waals surface area contributed by atoms with Crippen LogP contribution in [0, 0.1) is 5.92 Å². The first-order chi connectivity index (χ1) is 13.4. The third-order valence-electron chi connectivity index (χ3n) is 4.70. The molecule has 28 heavy (non-hydrogen) atoms. The van der Waals surface area contributed by atoms with Crippen LogP contribution in [0.2, 0.25) is 4.34 Å². The van der Waals surface area contributed by atoms with E-state index in [4.69, 9.17) is 11.6 Å². The number of hydrogen-bond donors (Lipinski definition) is 2. The highest BCUT2D eigenvalue weighted by atomic mass is 35.5. The lowest BCUT2D eigenvalue weighted by molar-refractivity contribution is 0.366. The van der Waals surface area contributed by atoms with Crippen LogP contribution in [0.5, 0.6) is 5.75 Å². The second kappa shape index (κ2) is 8.65.